The van der Waals surface area contributed by atoms with E-state index in [9.17, 15) is 5.11 Å². The largest absolute Gasteiger partial charge is 0.385 e. The van der Waals surface area contributed by atoms with E-state index in [4.69, 9.17) is 0 Å². The fourth-order valence-electron chi connectivity index (χ4n) is 1.15. The molecule has 0 bridgehead atoms. The Hall–Kier alpha value is -1.89. The molecule has 0 spiro atoms. The lowest BCUT2D eigenvalue weighted by Gasteiger charge is -2.04. The number of rotatable bonds is 3. The van der Waals surface area contributed by atoms with E-state index in [1.807, 2.05) is 0 Å². The van der Waals surface area contributed by atoms with Crippen molar-refractivity contribution in [3.05, 3.63) is 30.1 Å². The number of nitrogens with zero attached hydrogens (tertiary/aromatic N) is 6. The van der Waals surface area contributed by atoms with Gasteiger partial charge in [-0.25, -0.2) is 9.97 Å². The number of aryl methyl sites for hydroxylation is 1. The summed E-state index contributed by atoms with van der Waals surface area (Å²) in [7, 11) is 1.67. The first-order valence-electron chi connectivity index (χ1n) is 4.43. The molecule has 1 N–H and O–H groups in total. The molecule has 0 aliphatic carbocycles. The van der Waals surface area contributed by atoms with Crippen molar-refractivity contribution >= 4 is 0 Å². The molecular weight excluding hydrogens is 196 g/mol. The van der Waals surface area contributed by atoms with Crippen LogP contribution in [0.2, 0.25) is 0 Å². The molecule has 0 aromatic carbocycles. The zero-order valence-electron chi connectivity index (χ0n) is 8.15. The summed E-state index contributed by atoms with van der Waals surface area (Å²) in [6.45, 7) is 0. The Kier molecular flexibility index (Phi) is 2.64. The molecule has 1 unspecified atom stereocenters. The summed E-state index contributed by atoms with van der Waals surface area (Å²) in [5.41, 5.74) is 0. The van der Waals surface area contributed by atoms with Gasteiger partial charge in [0, 0.05) is 18.8 Å². The van der Waals surface area contributed by atoms with Crippen molar-refractivity contribution < 1.29 is 5.11 Å². The van der Waals surface area contributed by atoms with Gasteiger partial charge in [0.2, 0.25) is 0 Å². The van der Waals surface area contributed by atoms with Crippen LogP contribution in [0.3, 0.4) is 0 Å². The summed E-state index contributed by atoms with van der Waals surface area (Å²) in [4.78, 5) is 9.22. The first kappa shape index (κ1) is 9.66. The Morgan fingerprint density at radius 1 is 1.40 bits per heavy atom. The van der Waals surface area contributed by atoms with Crippen LogP contribution in [0.25, 0.3) is 0 Å². The van der Waals surface area contributed by atoms with Crippen LogP contribution in [0.5, 0.6) is 0 Å². The smallest absolute Gasteiger partial charge is 0.177 e. The zero-order valence-corrected chi connectivity index (χ0v) is 8.15. The SMILES string of the molecule is Cn1nnc(CC(O)c2ncccn2)n1. The molecule has 2 heterocycles. The van der Waals surface area contributed by atoms with Crippen molar-refractivity contribution in [3.8, 4) is 0 Å². The Bertz CT molecular complexity index is 428. The van der Waals surface area contributed by atoms with E-state index in [0.717, 1.165) is 0 Å². The Morgan fingerprint density at radius 3 is 2.73 bits per heavy atom. The molecule has 0 fully saturated rings. The molecule has 2 aromatic heterocycles. The Labute approximate surface area is 85.8 Å². The van der Waals surface area contributed by atoms with E-state index < -0.39 is 6.10 Å². The van der Waals surface area contributed by atoms with Gasteiger partial charge < -0.3 is 5.11 Å². The maximum Gasteiger partial charge on any atom is 0.177 e. The van der Waals surface area contributed by atoms with E-state index in [0.29, 0.717) is 11.6 Å². The predicted octanol–water partition coefficient (Wildman–Crippen LogP) is -0.724. The van der Waals surface area contributed by atoms with Crippen molar-refractivity contribution in [3.63, 3.8) is 0 Å². The molecule has 0 radical (unpaired) electrons. The molecule has 2 rings (SSSR count). The number of tetrazole rings is 1. The van der Waals surface area contributed by atoms with Gasteiger partial charge in [0.25, 0.3) is 0 Å². The summed E-state index contributed by atoms with van der Waals surface area (Å²) in [6, 6.07) is 1.69. The van der Waals surface area contributed by atoms with Gasteiger partial charge in [-0.3, -0.25) is 0 Å². The third-order valence-corrected chi connectivity index (χ3v) is 1.81. The zero-order chi connectivity index (χ0) is 10.7. The van der Waals surface area contributed by atoms with Gasteiger partial charge in [-0.15, -0.1) is 10.2 Å². The van der Waals surface area contributed by atoms with Crippen LogP contribution in [-0.2, 0) is 13.5 Å². The minimum atomic E-state index is -0.796. The first-order valence-corrected chi connectivity index (χ1v) is 4.43. The van der Waals surface area contributed by atoms with Gasteiger partial charge in [-0.1, -0.05) is 0 Å². The molecule has 78 valence electrons. The molecule has 2 aromatic rings. The second kappa shape index (κ2) is 4.09. The lowest BCUT2D eigenvalue weighted by molar-refractivity contribution is 0.165. The highest BCUT2D eigenvalue weighted by atomic mass is 16.3. The molecule has 1 atom stereocenters. The third kappa shape index (κ3) is 2.32. The fourth-order valence-corrected chi connectivity index (χ4v) is 1.15. The van der Waals surface area contributed by atoms with E-state index in [1.54, 1.807) is 25.5 Å². The molecule has 7 heteroatoms. The Balaban J connectivity index is 2.07. The van der Waals surface area contributed by atoms with Gasteiger partial charge in [-0.05, 0) is 11.3 Å². The van der Waals surface area contributed by atoms with Crippen LogP contribution in [0.15, 0.2) is 18.5 Å². The highest BCUT2D eigenvalue weighted by Gasteiger charge is 2.13. The number of aliphatic hydroxyl groups is 1. The second-order valence-electron chi connectivity index (χ2n) is 3.02. The second-order valence-corrected chi connectivity index (χ2v) is 3.02. The Morgan fingerprint density at radius 2 is 2.13 bits per heavy atom. The normalized spacial score (nSPS) is 12.7. The quantitative estimate of drug-likeness (QED) is 0.712. The molecule has 0 saturated heterocycles. The molecule has 0 amide bonds. The molecule has 0 aliphatic heterocycles. The van der Waals surface area contributed by atoms with Gasteiger partial charge >= 0.3 is 0 Å². The van der Waals surface area contributed by atoms with Gasteiger partial charge in [-0.2, -0.15) is 4.80 Å². The molecule has 15 heavy (non-hydrogen) atoms. The molecular formula is C8H10N6O. The van der Waals surface area contributed by atoms with Crippen molar-refractivity contribution in [2.24, 2.45) is 7.05 Å². The topological polar surface area (TPSA) is 89.6 Å². The van der Waals surface area contributed by atoms with Gasteiger partial charge in [0.15, 0.2) is 11.6 Å². The van der Waals surface area contributed by atoms with Crippen LogP contribution < -0.4 is 0 Å². The minimum absolute atomic E-state index is 0.262. The van der Waals surface area contributed by atoms with Crippen molar-refractivity contribution in [1.29, 1.82) is 0 Å². The average Bonchev–Trinajstić information content (AvgIpc) is 2.65. The monoisotopic (exact) mass is 206 g/mol. The number of aromatic nitrogens is 6. The summed E-state index contributed by atoms with van der Waals surface area (Å²) in [6.07, 6.45) is 2.62. The van der Waals surface area contributed by atoms with Crippen molar-refractivity contribution in [2.75, 3.05) is 0 Å². The van der Waals surface area contributed by atoms with Gasteiger partial charge in [0.05, 0.1) is 7.05 Å². The lowest BCUT2D eigenvalue weighted by Crippen LogP contribution is -2.07. The van der Waals surface area contributed by atoms with Crippen LogP contribution in [-0.4, -0.2) is 35.3 Å². The lowest BCUT2D eigenvalue weighted by atomic mass is 10.2. The summed E-state index contributed by atoms with van der Waals surface area (Å²) in [5, 5.41) is 21.1. The van der Waals surface area contributed by atoms with Crippen LogP contribution >= 0.6 is 0 Å². The number of aliphatic hydroxyl groups excluding tert-OH is 1. The fraction of sp³-hybridized carbons (Fsp3) is 0.375. The highest BCUT2D eigenvalue weighted by molar-refractivity contribution is 4.96. The van der Waals surface area contributed by atoms with E-state index in [1.165, 1.54) is 4.80 Å². The average molecular weight is 206 g/mol. The minimum Gasteiger partial charge on any atom is -0.385 e. The third-order valence-electron chi connectivity index (χ3n) is 1.81. The van der Waals surface area contributed by atoms with Crippen LogP contribution in [0, 0.1) is 0 Å². The van der Waals surface area contributed by atoms with Gasteiger partial charge in [0.1, 0.15) is 6.10 Å². The standard InChI is InChI=1S/C8H10N6O/c1-14-12-7(11-13-14)5-6(15)8-9-3-2-4-10-8/h2-4,6,15H,5H2,1H3. The number of hydrogen-bond acceptors (Lipinski definition) is 6. The van der Waals surface area contributed by atoms with Crippen LogP contribution in [0.4, 0.5) is 0 Å². The molecule has 0 saturated carbocycles. The summed E-state index contributed by atoms with van der Waals surface area (Å²) < 4.78 is 0. The van der Waals surface area contributed by atoms with Crippen molar-refractivity contribution in [1.82, 2.24) is 30.2 Å². The maximum atomic E-state index is 9.74. The van der Waals surface area contributed by atoms with Crippen LogP contribution in [0.1, 0.15) is 17.8 Å². The summed E-state index contributed by atoms with van der Waals surface area (Å²) >= 11 is 0. The summed E-state index contributed by atoms with van der Waals surface area (Å²) in [5.74, 6) is 0.836. The molecule has 0 aliphatic rings. The number of hydrogen-bond donors (Lipinski definition) is 1. The molecule has 7 nitrogen and oxygen atoms in total. The predicted molar refractivity (Wildman–Crippen MR) is 49.5 cm³/mol. The maximum absolute atomic E-state index is 9.74. The first-order chi connectivity index (χ1) is 7.25. The van der Waals surface area contributed by atoms with E-state index >= 15 is 0 Å². The van der Waals surface area contributed by atoms with E-state index in [-0.39, 0.29) is 6.42 Å². The van der Waals surface area contributed by atoms with Crippen molar-refractivity contribution in [2.45, 2.75) is 12.5 Å². The highest BCUT2D eigenvalue weighted by Crippen LogP contribution is 2.10. The van der Waals surface area contributed by atoms with E-state index in [2.05, 4.69) is 25.4 Å².